The third-order valence-corrected chi connectivity index (χ3v) is 3.42. The average Bonchev–Trinajstić information content (AvgIpc) is 2.57. The second kappa shape index (κ2) is 6.90. The van der Waals surface area contributed by atoms with Gasteiger partial charge in [-0.2, -0.15) is 16.9 Å². The molecular weight excluding hydrogens is 206 g/mol. The maximum atomic E-state index is 4.40. The monoisotopic (exact) mass is 227 g/mol. The van der Waals surface area contributed by atoms with E-state index in [0.29, 0.717) is 0 Å². The maximum Gasteiger partial charge on any atom is 0.0537 e. The molecule has 0 aliphatic heterocycles. The Kier molecular flexibility index (Phi) is 5.79. The molecule has 0 aliphatic rings. The summed E-state index contributed by atoms with van der Waals surface area (Å²) < 4.78 is 2.11. The van der Waals surface area contributed by atoms with E-state index in [1.807, 2.05) is 25.0 Å². The first-order valence-corrected chi connectivity index (χ1v) is 6.68. The Labute approximate surface area is 96.6 Å². The van der Waals surface area contributed by atoms with Crippen molar-refractivity contribution >= 4 is 11.8 Å². The van der Waals surface area contributed by atoms with Crippen molar-refractivity contribution in [2.24, 2.45) is 0 Å². The predicted octanol–water partition coefficient (Wildman–Crippen LogP) is 2.05. The molecule has 0 aliphatic carbocycles. The smallest absolute Gasteiger partial charge is 0.0537 e. The van der Waals surface area contributed by atoms with E-state index >= 15 is 0 Å². The molecule has 15 heavy (non-hydrogen) atoms. The molecule has 0 saturated carbocycles. The zero-order valence-electron chi connectivity index (χ0n) is 9.92. The Morgan fingerprint density at radius 1 is 1.53 bits per heavy atom. The van der Waals surface area contributed by atoms with Gasteiger partial charge in [-0.05, 0) is 31.9 Å². The van der Waals surface area contributed by atoms with Crippen LogP contribution in [0.2, 0.25) is 0 Å². The molecule has 86 valence electrons. The summed E-state index contributed by atoms with van der Waals surface area (Å²) in [6, 6.07) is 0. The molecule has 1 aromatic heterocycles. The highest BCUT2D eigenvalue weighted by Crippen LogP contribution is 2.09. The second-order valence-corrected chi connectivity index (χ2v) is 4.95. The Balaban J connectivity index is 2.40. The Morgan fingerprint density at radius 3 is 3.00 bits per heavy atom. The zero-order chi connectivity index (χ0) is 11.1. The van der Waals surface area contributed by atoms with Crippen molar-refractivity contribution in [3.8, 4) is 0 Å². The van der Waals surface area contributed by atoms with Crippen LogP contribution in [0.25, 0.3) is 0 Å². The van der Waals surface area contributed by atoms with Crippen LogP contribution in [0.3, 0.4) is 0 Å². The van der Waals surface area contributed by atoms with Gasteiger partial charge in [0, 0.05) is 24.3 Å². The lowest BCUT2D eigenvalue weighted by atomic mass is 10.2. The number of aryl methyl sites for hydroxylation is 1. The molecule has 1 heterocycles. The van der Waals surface area contributed by atoms with Crippen LogP contribution in [-0.2, 0) is 13.1 Å². The minimum atomic E-state index is 0.912. The highest BCUT2D eigenvalue weighted by Gasteiger charge is 2.04. The molecular formula is C11H21N3S. The molecule has 4 heteroatoms. The lowest BCUT2D eigenvalue weighted by Crippen LogP contribution is -2.08. The molecule has 0 radical (unpaired) electrons. The first kappa shape index (κ1) is 12.6. The van der Waals surface area contributed by atoms with Crippen LogP contribution < -0.4 is 5.32 Å². The minimum absolute atomic E-state index is 0.912. The zero-order valence-corrected chi connectivity index (χ0v) is 10.7. The van der Waals surface area contributed by atoms with Gasteiger partial charge in [0.05, 0.1) is 6.20 Å². The van der Waals surface area contributed by atoms with Crippen molar-refractivity contribution in [2.45, 2.75) is 33.4 Å². The van der Waals surface area contributed by atoms with Gasteiger partial charge in [-0.3, -0.25) is 4.68 Å². The van der Waals surface area contributed by atoms with Crippen LogP contribution in [0.4, 0.5) is 0 Å². The summed E-state index contributed by atoms with van der Waals surface area (Å²) in [5.41, 5.74) is 2.60. The summed E-state index contributed by atoms with van der Waals surface area (Å²) in [5.74, 6) is 2.44. The topological polar surface area (TPSA) is 29.9 Å². The van der Waals surface area contributed by atoms with Crippen LogP contribution in [0.5, 0.6) is 0 Å². The number of hydrogen-bond acceptors (Lipinski definition) is 3. The van der Waals surface area contributed by atoms with Gasteiger partial charge in [0.25, 0.3) is 0 Å². The maximum absolute atomic E-state index is 4.40. The normalized spacial score (nSPS) is 10.9. The first-order valence-electron chi connectivity index (χ1n) is 5.53. The molecule has 0 spiro atoms. The van der Waals surface area contributed by atoms with Crippen molar-refractivity contribution in [1.82, 2.24) is 15.1 Å². The molecule has 3 nitrogen and oxygen atoms in total. The molecule has 0 fully saturated rings. The standard InChI is InChI=1S/C11H21N3S/c1-4-15-7-5-6-14-10(2)11(8-12-3)9-13-14/h9,12H,4-8H2,1-3H3. The quantitative estimate of drug-likeness (QED) is 0.723. The van der Waals surface area contributed by atoms with Crippen LogP contribution in [-0.4, -0.2) is 28.3 Å². The fourth-order valence-electron chi connectivity index (χ4n) is 1.54. The molecule has 1 rings (SSSR count). The first-order chi connectivity index (χ1) is 7.29. The summed E-state index contributed by atoms with van der Waals surface area (Å²) >= 11 is 2.00. The third-order valence-electron chi connectivity index (χ3n) is 2.43. The predicted molar refractivity (Wildman–Crippen MR) is 67.3 cm³/mol. The molecule has 0 aromatic carbocycles. The van der Waals surface area contributed by atoms with Crippen molar-refractivity contribution in [3.05, 3.63) is 17.5 Å². The van der Waals surface area contributed by atoms with Crippen molar-refractivity contribution in [1.29, 1.82) is 0 Å². The van der Waals surface area contributed by atoms with Crippen LogP contribution in [0.1, 0.15) is 24.6 Å². The highest BCUT2D eigenvalue weighted by atomic mass is 32.2. The molecule has 1 N–H and O–H groups in total. The van der Waals surface area contributed by atoms with E-state index in [9.17, 15) is 0 Å². The summed E-state index contributed by atoms with van der Waals surface area (Å²) in [6.07, 6.45) is 3.18. The summed E-state index contributed by atoms with van der Waals surface area (Å²) in [7, 11) is 1.97. The Hall–Kier alpha value is -0.480. The Morgan fingerprint density at radius 2 is 2.33 bits per heavy atom. The molecule has 0 bridgehead atoms. The van der Waals surface area contributed by atoms with Crippen molar-refractivity contribution in [2.75, 3.05) is 18.6 Å². The number of nitrogens with one attached hydrogen (secondary N) is 1. The van der Waals surface area contributed by atoms with Gasteiger partial charge in [0.1, 0.15) is 0 Å². The number of thioether (sulfide) groups is 1. The number of nitrogens with zero attached hydrogens (tertiary/aromatic N) is 2. The Bertz CT molecular complexity index is 283. The van der Waals surface area contributed by atoms with Crippen molar-refractivity contribution < 1.29 is 0 Å². The van der Waals surface area contributed by atoms with Gasteiger partial charge in [0.15, 0.2) is 0 Å². The van der Waals surface area contributed by atoms with Gasteiger partial charge in [-0.15, -0.1) is 0 Å². The fraction of sp³-hybridized carbons (Fsp3) is 0.727. The van der Waals surface area contributed by atoms with E-state index in [2.05, 4.69) is 28.9 Å². The van der Waals surface area contributed by atoms with Crippen LogP contribution >= 0.6 is 11.8 Å². The molecule has 0 saturated heterocycles. The van der Waals surface area contributed by atoms with Gasteiger partial charge in [-0.25, -0.2) is 0 Å². The SMILES string of the molecule is CCSCCCn1ncc(CNC)c1C. The van der Waals surface area contributed by atoms with E-state index in [1.54, 1.807) is 0 Å². The summed E-state index contributed by atoms with van der Waals surface area (Å²) in [6.45, 7) is 6.31. The van der Waals surface area contributed by atoms with Gasteiger partial charge >= 0.3 is 0 Å². The number of aromatic nitrogens is 2. The second-order valence-electron chi connectivity index (χ2n) is 3.56. The summed E-state index contributed by atoms with van der Waals surface area (Å²) in [4.78, 5) is 0. The molecule has 0 unspecified atom stereocenters. The van der Waals surface area contributed by atoms with E-state index in [1.165, 1.54) is 29.2 Å². The van der Waals surface area contributed by atoms with Crippen LogP contribution in [0, 0.1) is 6.92 Å². The van der Waals surface area contributed by atoms with E-state index in [-0.39, 0.29) is 0 Å². The summed E-state index contributed by atoms with van der Waals surface area (Å²) in [5, 5.41) is 7.56. The van der Waals surface area contributed by atoms with Gasteiger partial charge in [-0.1, -0.05) is 6.92 Å². The third kappa shape index (κ3) is 3.87. The highest BCUT2D eigenvalue weighted by molar-refractivity contribution is 7.99. The van der Waals surface area contributed by atoms with E-state index in [0.717, 1.165) is 13.1 Å². The lowest BCUT2D eigenvalue weighted by Gasteiger charge is -2.05. The minimum Gasteiger partial charge on any atom is -0.316 e. The molecule has 0 amide bonds. The van der Waals surface area contributed by atoms with Gasteiger partial charge in [0.2, 0.25) is 0 Å². The molecule has 1 aromatic rings. The van der Waals surface area contributed by atoms with E-state index in [4.69, 9.17) is 0 Å². The number of hydrogen-bond donors (Lipinski definition) is 1. The van der Waals surface area contributed by atoms with Gasteiger partial charge < -0.3 is 5.32 Å². The number of rotatable bonds is 7. The van der Waals surface area contributed by atoms with E-state index < -0.39 is 0 Å². The molecule has 0 atom stereocenters. The lowest BCUT2D eigenvalue weighted by molar-refractivity contribution is 0.588. The average molecular weight is 227 g/mol. The fourth-order valence-corrected chi connectivity index (χ4v) is 2.16. The van der Waals surface area contributed by atoms with Crippen molar-refractivity contribution in [3.63, 3.8) is 0 Å². The van der Waals surface area contributed by atoms with Crippen LogP contribution in [0.15, 0.2) is 6.20 Å². The largest absolute Gasteiger partial charge is 0.316 e.